The summed E-state index contributed by atoms with van der Waals surface area (Å²) in [6.45, 7) is 5.33. The molecule has 0 amide bonds. The molecule has 0 bridgehead atoms. The molecule has 1 aromatic heterocycles. The van der Waals surface area contributed by atoms with Gasteiger partial charge in [0.05, 0.1) is 13.4 Å². The Hall–Kier alpha value is -1.77. The van der Waals surface area contributed by atoms with Crippen LogP contribution in [0.3, 0.4) is 0 Å². The van der Waals surface area contributed by atoms with Gasteiger partial charge in [-0.25, -0.2) is 4.98 Å². The number of methoxy groups -OCH3 is 1. The van der Waals surface area contributed by atoms with E-state index < -0.39 is 0 Å². The van der Waals surface area contributed by atoms with Gasteiger partial charge in [0.2, 0.25) is 0 Å². The van der Waals surface area contributed by atoms with E-state index in [4.69, 9.17) is 4.74 Å². The van der Waals surface area contributed by atoms with Crippen LogP contribution in [-0.4, -0.2) is 42.3 Å². The predicted molar refractivity (Wildman–Crippen MR) is 108 cm³/mol. The first-order valence-corrected chi connectivity index (χ1v) is 7.92. The van der Waals surface area contributed by atoms with Gasteiger partial charge in [-0.3, -0.25) is 4.99 Å². The zero-order valence-electron chi connectivity index (χ0n) is 14.2. The molecule has 7 heteroatoms. The van der Waals surface area contributed by atoms with E-state index >= 15 is 0 Å². The Bertz CT molecular complexity index is 584. The van der Waals surface area contributed by atoms with Crippen LogP contribution in [0.2, 0.25) is 0 Å². The summed E-state index contributed by atoms with van der Waals surface area (Å²) in [6.07, 6.45) is 6.46. The summed E-state index contributed by atoms with van der Waals surface area (Å²) >= 11 is 0. The van der Waals surface area contributed by atoms with E-state index in [9.17, 15) is 0 Å². The third-order valence-corrected chi connectivity index (χ3v) is 3.40. The topological polar surface area (TPSA) is 63.5 Å². The van der Waals surface area contributed by atoms with Crippen LogP contribution in [-0.2, 0) is 13.0 Å². The normalized spacial score (nSPS) is 10.8. The molecule has 0 aliphatic heterocycles. The molecule has 24 heavy (non-hydrogen) atoms. The quantitative estimate of drug-likeness (QED) is 0.374. The Morgan fingerprint density at radius 2 is 2.04 bits per heavy atom. The summed E-state index contributed by atoms with van der Waals surface area (Å²) in [5.74, 6) is 1.73. The Morgan fingerprint density at radius 1 is 1.25 bits per heavy atom. The minimum Gasteiger partial charge on any atom is -0.497 e. The largest absolute Gasteiger partial charge is 0.497 e. The molecule has 2 N–H and O–H groups in total. The van der Waals surface area contributed by atoms with Crippen molar-refractivity contribution in [1.29, 1.82) is 0 Å². The first-order valence-electron chi connectivity index (χ1n) is 7.92. The van der Waals surface area contributed by atoms with Crippen molar-refractivity contribution in [2.75, 3.05) is 26.7 Å². The van der Waals surface area contributed by atoms with E-state index in [1.54, 1.807) is 13.3 Å². The molecule has 0 saturated carbocycles. The van der Waals surface area contributed by atoms with Gasteiger partial charge in [0.15, 0.2) is 5.96 Å². The number of nitrogens with zero attached hydrogens (tertiary/aromatic N) is 3. The van der Waals surface area contributed by atoms with Crippen LogP contribution in [0.1, 0.15) is 12.5 Å². The number of halogens is 1. The molecule has 6 nitrogen and oxygen atoms in total. The van der Waals surface area contributed by atoms with E-state index in [0.717, 1.165) is 44.3 Å². The number of hydrogen-bond donors (Lipinski definition) is 2. The first-order chi connectivity index (χ1) is 11.3. The molecule has 0 radical (unpaired) electrons. The molecule has 0 aliphatic rings. The second-order valence-corrected chi connectivity index (χ2v) is 5.09. The maximum atomic E-state index is 5.16. The second-order valence-electron chi connectivity index (χ2n) is 5.09. The number of aromatic nitrogens is 2. The van der Waals surface area contributed by atoms with Crippen molar-refractivity contribution in [2.24, 2.45) is 4.99 Å². The van der Waals surface area contributed by atoms with Gasteiger partial charge in [0.1, 0.15) is 5.75 Å². The van der Waals surface area contributed by atoms with Gasteiger partial charge in [-0.1, -0.05) is 12.1 Å². The average molecular weight is 443 g/mol. The van der Waals surface area contributed by atoms with Crippen LogP contribution in [0.4, 0.5) is 0 Å². The Morgan fingerprint density at radius 3 is 2.67 bits per heavy atom. The molecule has 0 unspecified atom stereocenters. The lowest BCUT2D eigenvalue weighted by Crippen LogP contribution is -2.39. The maximum Gasteiger partial charge on any atom is 0.191 e. The van der Waals surface area contributed by atoms with Crippen molar-refractivity contribution >= 4 is 29.9 Å². The van der Waals surface area contributed by atoms with Gasteiger partial charge in [-0.05, 0) is 31.0 Å². The minimum absolute atomic E-state index is 0. The second kappa shape index (κ2) is 11.7. The van der Waals surface area contributed by atoms with E-state index in [0.29, 0.717) is 0 Å². The third kappa shape index (κ3) is 7.20. The number of rotatable bonds is 8. The lowest BCUT2D eigenvalue weighted by molar-refractivity contribution is 0.414. The molecule has 0 fully saturated rings. The standard InChI is InChI=1S/C17H25N5O.HI/c1-3-19-17(21-11-13-22-12-10-18-14-22)20-9-8-15-4-6-16(23-2)7-5-15;/h4-7,10,12,14H,3,8-9,11,13H2,1-2H3,(H2,19,20,21);1H. The van der Waals surface area contributed by atoms with Gasteiger partial charge in [-0.2, -0.15) is 0 Å². The Balaban J connectivity index is 0.00000288. The zero-order valence-corrected chi connectivity index (χ0v) is 16.6. The highest BCUT2D eigenvalue weighted by Crippen LogP contribution is 2.11. The van der Waals surface area contributed by atoms with Crippen LogP contribution < -0.4 is 15.4 Å². The molecular formula is C17H26IN5O. The van der Waals surface area contributed by atoms with Crippen LogP contribution in [0.15, 0.2) is 48.0 Å². The van der Waals surface area contributed by atoms with E-state index in [2.05, 4.69) is 39.7 Å². The van der Waals surface area contributed by atoms with Crippen molar-refractivity contribution in [3.05, 3.63) is 48.5 Å². The summed E-state index contributed by atoms with van der Waals surface area (Å²) in [6, 6.07) is 8.11. The number of hydrogen-bond acceptors (Lipinski definition) is 3. The number of benzene rings is 1. The Labute approximate surface area is 160 Å². The molecule has 132 valence electrons. The molecule has 0 atom stereocenters. The number of aliphatic imine (C=N–C) groups is 1. The summed E-state index contributed by atoms with van der Waals surface area (Å²) in [7, 11) is 1.68. The Kier molecular flexibility index (Phi) is 9.90. The maximum absolute atomic E-state index is 5.16. The summed E-state index contributed by atoms with van der Waals surface area (Å²) in [5.41, 5.74) is 1.25. The predicted octanol–water partition coefficient (Wildman–Crippen LogP) is 2.31. The third-order valence-electron chi connectivity index (χ3n) is 3.40. The molecule has 0 spiro atoms. The highest BCUT2D eigenvalue weighted by atomic mass is 127. The minimum atomic E-state index is 0. The van der Waals surface area contributed by atoms with Crippen molar-refractivity contribution < 1.29 is 4.74 Å². The lowest BCUT2D eigenvalue weighted by Gasteiger charge is -2.11. The van der Waals surface area contributed by atoms with Crippen LogP contribution in [0.25, 0.3) is 0 Å². The van der Waals surface area contributed by atoms with Crippen molar-refractivity contribution in [3.63, 3.8) is 0 Å². The molecule has 2 rings (SSSR count). The van der Waals surface area contributed by atoms with Crippen molar-refractivity contribution in [1.82, 2.24) is 20.2 Å². The zero-order chi connectivity index (χ0) is 16.3. The van der Waals surface area contributed by atoms with Crippen molar-refractivity contribution in [3.8, 4) is 5.75 Å². The van der Waals surface area contributed by atoms with Gasteiger partial charge < -0.3 is 19.9 Å². The molecule has 0 saturated heterocycles. The molecular weight excluding hydrogens is 417 g/mol. The van der Waals surface area contributed by atoms with E-state index in [-0.39, 0.29) is 24.0 Å². The van der Waals surface area contributed by atoms with Crippen LogP contribution in [0.5, 0.6) is 5.75 Å². The molecule has 1 heterocycles. The highest BCUT2D eigenvalue weighted by Gasteiger charge is 1.98. The number of ether oxygens (including phenoxy) is 1. The molecule has 2 aromatic rings. The van der Waals surface area contributed by atoms with E-state index in [1.807, 2.05) is 29.2 Å². The summed E-state index contributed by atoms with van der Waals surface area (Å²) in [4.78, 5) is 8.64. The van der Waals surface area contributed by atoms with Crippen LogP contribution in [0, 0.1) is 0 Å². The van der Waals surface area contributed by atoms with Crippen molar-refractivity contribution in [2.45, 2.75) is 19.9 Å². The summed E-state index contributed by atoms with van der Waals surface area (Å²) < 4.78 is 7.20. The fourth-order valence-electron chi connectivity index (χ4n) is 2.15. The first kappa shape index (κ1) is 20.3. The number of guanidine groups is 1. The highest BCUT2D eigenvalue weighted by molar-refractivity contribution is 14.0. The molecule has 1 aromatic carbocycles. The monoisotopic (exact) mass is 443 g/mol. The lowest BCUT2D eigenvalue weighted by atomic mass is 10.1. The van der Waals surface area contributed by atoms with Gasteiger partial charge in [0, 0.05) is 38.6 Å². The summed E-state index contributed by atoms with van der Waals surface area (Å²) in [5, 5.41) is 6.59. The SMILES string of the molecule is CCNC(=NCCc1ccc(OC)cc1)NCCn1ccnc1.I. The van der Waals surface area contributed by atoms with Gasteiger partial charge in [0.25, 0.3) is 0 Å². The van der Waals surface area contributed by atoms with Gasteiger partial charge in [-0.15, -0.1) is 24.0 Å². The average Bonchev–Trinajstić information content (AvgIpc) is 3.09. The fraction of sp³-hybridized carbons (Fsp3) is 0.412. The number of imidazole rings is 1. The number of nitrogens with one attached hydrogen (secondary N) is 2. The molecule has 0 aliphatic carbocycles. The fourth-order valence-corrected chi connectivity index (χ4v) is 2.15. The van der Waals surface area contributed by atoms with Crippen LogP contribution >= 0.6 is 24.0 Å². The van der Waals surface area contributed by atoms with E-state index in [1.165, 1.54) is 5.56 Å². The smallest absolute Gasteiger partial charge is 0.191 e. The van der Waals surface area contributed by atoms with Gasteiger partial charge >= 0.3 is 0 Å².